The molecule has 0 saturated heterocycles. The fourth-order valence-electron chi connectivity index (χ4n) is 2.18. The highest BCUT2D eigenvalue weighted by Gasteiger charge is 2.35. The highest BCUT2D eigenvalue weighted by atomic mass is 19.4. The van der Waals surface area contributed by atoms with E-state index in [0.717, 1.165) is 0 Å². The van der Waals surface area contributed by atoms with Crippen LogP contribution in [0, 0.1) is 6.92 Å². The third kappa shape index (κ3) is 5.00. The Morgan fingerprint density at radius 1 is 1.31 bits per heavy atom. The van der Waals surface area contributed by atoms with E-state index in [4.69, 9.17) is 0 Å². The number of halogens is 5. The van der Waals surface area contributed by atoms with Crippen LogP contribution in [0.2, 0.25) is 0 Å². The van der Waals surface area contributed by atoms with Crippen molar-refractivity contribution in [2.45, 2.75) is 39.3 Å². The van der Waals surface area contributed by atoms with Gasteiger partial charge in [0.25, 0.3) is 0 Å². The summed E-state index contributed by atoms with van der Waals surface area (Å²) in [4.78, 5) is 7.45. The van der Waals surface area contributed by atoms with Gasteiger partial charge < -0.3 is 15.4 Å². The summed E-state index contributed by atoms with van der Waals surface area (Å²) in [5, 5.41) is 9.26. The van der Waals surface area contributed by atoms with Gasteiger partial charge in [-0.05, 0) is 13.8 Å². The van der Waals surface area contributed by atoms with Crippen molar-refractivity contribution in [3.05, 3.63) is 23.7 Å². The summed E-state index contributed by atoms with van der Waals surface area (Å²) in [6.07, 6.45) is -3.20. The number of hydrogen-bond acceptors (Lipinski definition) is 6. The fourth-order valence-corrected chi connectivity index (χ4v) is 2.18. The van der Waals surface area contributed by atoms with E-state index < -0.39 is 24.5 Å². The zero-order valence-corrected chi connectivity index (χ0v) is 14.1. The number of ether oxygens (including phenoxy) is 1. The monoisotopic (exact) mass is 380 g/mol. The SMILES string of the molecule is CNc1nc(Nc2cn(CC(C)OC(F)F)nc2C)ncc1C(F)(F)F. The number of alkyl halides is 5. The van der Waals surface area contributed by atoms with Crippen LogP contribution < -0.4 is 10.6 Å². The van der Waals surface area contributed by atoms with Crippen molar-refractivity contribution in [1.82, 2.24) is 19.7 Å². The molecule has 0 saturated carbocycles. The molecule has 7 nitrogen and oxygen atoms in total. The molecular weight excluding hydrogens is 363 g/mol. The first-order valence-corrected chi connectivity index (χ1v) is 7.46. The average molecular weight is 380 g/mol. The molecule has 2 aromatic heterocycles. The van der Waals surface area contributed by atoms with Crippen LogP contribution in [0.4, 0.5) is 39.4 Å². The summed E-state index contributed by atoms with van der Waals surface area (Å²) in [5.41, 5.74) is -0.0734. The van der Waals surface area contributed by atoms with E-state index in [-0.39, 0.29) is 18.3 Å². The molecular formula is C14H17F5N6O. The van der Waals surface area contributed by atoms with Gasteiger partial charge in [-0.2, -0.15) is 32.0 Å². The second-order valence-electron chi connectivity index (χ2n) is 5.39. The number of nitrogens with one attached hydrogen (secondary N) is 2. The predicted molar refractivity (Wildman–Crippen MR) is 83.4 cm³/mol. The first-order chi connectivity index (χ1) is 12.1. The number of aryl methyl sites for hydroxylation is 1. The van der Waals surface area contributed by atoms with E-state index in [9.17, 15) is 22.0 Å². The fraction of sp³-hybridized carbons (Fsp3) is 0.500. The maximum atomic E-state index is 12.9. The Bertz CT molecular complexity index is 748. The van der Waals surface area contributed by atoms with Gasteiger partial charge in [0, 0.05) is 19.4 Å². The summed E-state index contributed by atoms with van der Waals surface area (Å²) in [5.74, 6) is -0.444. The summed E-state index contributed by atoms with van der Waals surface area (Å²) in [6, 6.07) is 0. The van der Waals surface area contributed by atoms with Crippen molar-refractivity contribution in [2.75, 3.05) is 17.7 Å². The molecule has 0 aliphatic carbocycles. The molecule has 2 rings (SSSR count). The summed E-state index contributed by atoms with van der Waals surface area (Å²) >= 11 is 0. The number of hydrogen-bond donors (Lipinski definition) is 2. The highest BCUT2D eigenvalue weighted by molar-refractivity contribution is 5.57. The Balaban J connectivity index is 2.16. The van der Waals surface area contributed by atoms with E-state index in [1.54, 1.807) is 6.92 Å². The molecule has 0 radical (unpaired) electrons. The topological polar surface area (TPSA) is 76.9 Å². The molecule has 0 bridgehead atoms. The number of rotatable bonds is 7. The van der Waals surface area contributed by atoms with Gasteiger partial charge >= 0.3 is 12.8 Å². The van der Waals surface area contributed by atoms with Crippen LogP contribution >= 0.6 is 0 Å². The lowest BCUT2D eigenvalue weighted by Crippen LogP contribution is -2.19. The standard InChI is InChI=1S/C14H17F5N6O/c1-7(26-12(15)16)5-25-6-10(8(2)24-25)22-13-21-4-9(14(17,18)19)11(20-3)23-13/h4,6-7,12H,5H2,1-3H3,(H2,20,21,22,23). The Morgan fingerprint density at radius 2 is 2.00 bits per heavy atom. The quantitative estimate of drug-likeness (QED) is 0.717. The van der Waals surface area contributed by atoms with Crippen molar-refractivity contribution in [3.8, 4) is 0 Å². The Kier molecular flexibility index (Phi) is 5.95. The van der Waals surface area contributed by atoms with Gasteiger partial charge in [0.1, 0.15) is 11.4 Å². The zero-order chi connectivity index (χ0) is 19.5. The molecule has 0 fully saturated rings. The van der Waals surface area contributed by atoms with Crippen LogP contribution in [0.15, 0.2) is 12.4 Å². The molecule has 0 amide bonds. The minimum atomic E-state index is -4.58. The zero-order valence-electron chi connectivity index (χ0n) is 14.1. The van der Waals surface area contributed by atoms with Crippen LogP contribution in [-0.2, 0) is 17.5 Å². The van der Waals surface area contributed by atoms with Crippen LogP contribution in [0.1, 0.15) is 18.2 Å². The lowest BCUT2D eigenvalue weighted by Gasteiger charge is -2.12. The average Bonchev–Trinajstić information content (AvgIpc) is 2.84. The van der Waals surface area contributed by atoms with Gasteiger partial charge in [0.2, 0.25) is 5.95 Å². The molecule has 2 N–H and O–H groups in total. The van der Waals surface area contributed by atoms with Crippen LogP contribution in [-0.4, -0.2) is 39.5 Å². The van der Waals surface area contributed by atoms with Crippen molar-refractivity contribution in [1.29, 1.82) is 0 Å². The van der Waals surface area contributed by atoms with Crippen molar-refractivity contribution < 1.29 is 26.7 Å². The smallest absolute Gasteiger partial charge is 0.372 e. The molecule has 2 heterocycles. The van der Waals surface area contributed by atoms with E-state index in [1.165, 1.54) is 24.9 Å². The predicted octanol–water partition coefficient (Wildman–Crippen LogP) is 3.41. The molecule has 0 aromatic carbocycles. The van der Waals surface area contributed by atoms with Crippen molar-refractivity contribution >= 4 is 17.5 Å². The summed E-state index contributed by atoms with van der Waals surface area (Å²) in [7, 11) is 1.31. The Hall–Kier alpha value is -2.50. The van der Waals surface area contributed by atoms with Gasteiger partial charge in [0.05, 0.1) is 24.0 Å². The molecule has 26 heavy (non-hydrogen) atoms. The lowest BCUT2D eigenvalue weighted by molar-refractivity contribution is -0.161. The van der Waals surface area contributed by atoms with E-state index in [0.29, 0.717) is 17.6 Å². The van der Waals surface area contributed by atoms with Gasteiger partial charge in [-0.25, -0.2) is 4.98 Å². The highest BCUT2D eigenvalue weighted by Crippen LogP contribution is 2.33. The molecule has 1 unspecified atom stereocenters. The van der Waals surface area contributed by atoms with Gasteiger partial charge in [-0.15, -0.1) is 0 Å². The van der Waals surface area contributed by atoms with E-state index >= 15 is 0 Å². The molecule has 0 spiro atoms. The summed E-state index contributed by atoms with van der Waals surface area (Å²) in [6.45, 7) is 0.289. The Labute approximate surface area is 145 Å². The number of anilines is 3. The van der Waals surface area contributed by atoms with Crippen molar-refractivity contribution in [3.63, 3.8) is 0 Å². The maximum absolute atomic E-state index is 12.9. The Morgan fingerprint density at radius 3 is 2.58 bits per heavy atom. The molecule has 144 valence electrons. The van der Waals surface area contributed by atoms with Gasteiger partial charge in [-0.1, -0.05) is 0 Å². The molecule has 2 aromatic rings. The molecule has 0 aliphatic rings. The minimum Gasteiger partial charge on any atom is -0.372 e. The first kappa shape index (κ1) is 19.8. The molecule has 0 aliphatic heterocycles. The second kappa shape index (κ2) is 7.81. The number of nitrogens with zero attached hydrogens (tertiary/aromatic N) is 4. The normalized spacial score (nSPS) is 13.1. The van der Waals surface area contributed by atoms with E-state index in [1.807, 2.05) is 0 Å². The minimum absolute atomic E-state index is 0.0677. The third-order valence-corrected chi connectivity index (χ3v) is 3.30. The van der Waals surface area contributed by atoms with Gasteiger partial charge in [0.15, 0.2) is 0 Å². The number of aromatic nitrogens is 4. The van der Waals surface area contributed by atoms with Gasteiger partial charge in [-0.3, -0.25) is 4.68 Å². The third-order valence-electron chi connectivity index (χ3n) is 3.30. The lowest BCUT2D eigenvalue weighted by atomic mass is 10.3. The van der Waals surface area contributed by atoms with Crippen molar-refractivity contribution in [2.24, 2.45) is 0 Å². The summed E-state index contributed by atoms with van der Waals surface area (Å²) < 4.78 is 68.7. The van der Waals surface area contributed by atoms with E-state index in [2.05, 4.69) is 30.4 Å². The van der Waals surface area contributed by atoms with Crippen LogP contribution in [0.25, 0.3) is 0 Å². The van der Waals surface area contributed by atoms with Crippen LogP contribution in [0.3, 0.4) is 0 Å². The first-order valence-electron chi connectivity index (χ1n) is 7.46. The maximum Gasteiger partial charge on any atom is 0.421 e. The second-order valence-corrected chi connectivity index (χ2v) is 5.39. The van der Waals surface area contributed by atoms with Crippen LogP contribution in [0.5, 0.6) is 0 Å². The largest absolute Gasteiger partial charge is 0.421 e. The molecule has 1 atom stereocenters. The molecule has 12 heteroatoms.